The summed E-state index contributed by atoms with van der Waals surface area (Å²) in [5.74, 6) is -0.880. The molecule has 0 aliphatic carbocycles. The standard InChI is InChI=1S/C11H15N3O3/c1-2-9(11(15)16)13-8-5-3-7(4-6-8)10(12)14-17/h3-6,9,13,17H,2H2,1H3,(H2,12,14)(H,15,16)/t9-/m0/s1. The van der Waals surface area contributed by atoms with E-state index in [2.05, 4.69) is 10.5 Å². The summed E-state index contributed by atoms with van der Waals surface area (Å²) in [5, 5.41) is 23.1. The van der Waals surface area contributed by atoms with Crippen LogP contribution in [0.1, 0.15) is 18.9 Å². The molecule has 0 saturated heterocycles. The topological polar surface area (TPSA) is 108 Å². The Balaban J connectivity index is 2.78. The van der Waals surface area contributed by atoms with Crippen LogP contribution in [0, 0.1) is 0 Å². The van der Waals surface area contributed by atoms with Crippen molar-refractivity contribution in [1.82, 2.24) is 0 Å². The van der Waals surface area contributed by atoms with E-state index in [-0.39, 0.29) is 5.84 Å². The minimum atomic E-state index is -0.895. The van der Waals surface area contributed by atoms with Crippen LogP contribution in [0.3, 0.4) is 0 Å². The van der Waals surface area contributed by atoms with E-state index >= 15 is 0 Å². The second kappa shape index (κ2) is 5.74. The molecule has 6 heteroatoms. The number of nitrogens with one attached hydrogen (secondary N) is 1. The van der Waals surface area contributed by atoms with Crippen LogP contribution in [-0.2, 0) is 4.79 Å². The third-order valence-electron chi connectivity index (χ3n) is 2.34. The van der Waals surface area contributed by atoms with Gasteiger partial charge in [-0.15, -0.1) is 0 Å². The summed E-state index contributed by atoms with van der Waals surface area (Å²) in [7, 11) is 0. The van der Waals surface area contributed by atoms with Crippen molar-refractivity contribution in [3.63, 3.8) is 0 Å². The van der Waals surface area contributed by atoms with E-state index in [4.69, 9.17) is 16.0 Å². The molecule has 1 aromatic carbocycles. The summed E-state index contributed by atoms with van der Waals surface area (Å²) >= 11 is 0. The quantitative estimate of drug-likeness (QED) is 0.265. The van der Waals surface area contributed by atoms with Crippen molar-refractivity contribution in [2.45, 2.75) is 19.4 Å². The average molecular weight is 237 g/mol. The molecule has 0 spiro atoms. The first-order chi connectivity index (χ1) is 8.08. The molecule has 0 aliphatic heterocycles. The molecule has 0 aromatic heterocycles. The number of carbonyl (C=O) groups is 1. The number of hydrogen-bond donors (Lipinski definition) is 4. The highest BCUT2D eigenvalue weighted by Crippen LogP contribution is 2.12. The summed E-state index contributed by atoms with van der Waals surface area (Å²) in [4.78, 5) is 10.8. The molecular weight excluding hydrogens is 222 g/mol. The van der Waals surface area contributed by atoms with Gasteiger partial charge < -0.3 is 21.4 Å². The fourth-order valence-corrected chi connectivity index (χ4v) is 1.33. The second-order valence-electron chi connectivity index (χ2n) is 3.51. The number of nitrogens with zero attached hydrogens (tertiary/aromatic N) is 1. The van der Waals surface area contributed by atoms with Crippen molar-refractivity contribution in [3.05, 3.63) is 29.8 Å². The zero-order valence-electron chi connectivity index (χ0n) is 9.42. The van der Waals surface area contributed by atoms with Crippen molar-refractivity contribution in [1.29, 1.82) is 0 Å². The van der Waals surface area contributed by atoms with Crippen LogP contribution in [0.2, 0.25) is 0 Å². The molecule has 0 aliphatic rings. The summed E-state index contributed by atoms with van der Waals surface area (Å²) in [6, 6.07) is 6.03. The van der Waals surface area contributed by atoms with Gasteiger partial charge in [0.1, 0.15) is 6.04 Å². The highest BCUT2D eigenvalue weighted by atomic mass is 16.4. The highest BCUT2D eigenvalue weighted by Gasteiger charge is 2.14. The van der Waals surface area contributed by atoms with Crippen LogP contribution in [0.5, 0.6) is 0 Å². The first-order valence-corrected chi connectivity index (χ1v) is 5.15. The number of benzene rings is 1. The maximum atomic E-state index is 10.8. The third-order valence-corrected chi connectivity index (χ3v) is 2.34. The van der Waals surface area contributed by atoms with E-state index in [9.17, 15) is 4.79 Å². The first-order valence-electron chi connectivity index (χ1n) is 5.15. The average Bonchev–Trinajstić information content (AvgIpc) is 2.35. The Morgan fingerprint density at radius 2 is 2.06 bits per heavy atom. The van der Waals surface area contributed by atoms with Crippen LogP contribution in [0.15, 0.2) is 29.4 Å². The monoisotopic (exact) mass is 237 g/mol. The highest BCUT2D eigenvalue weighted by molar-refractivity contribution is 5.97. The second-order valence-corrected chi connectivity index (χ2v) is 3.51. The van der Waals surface area contributed by atoms with Crippen molar-refractivity contribution in [3.8, 4) is 0 Å². The zero-order valence-corrected chi connectivity index (χ0v) is 9.42. The number of anilines is 1. The van der Waals surface area contributed by atoms with Crippen LogP contribution in [0.25, 0.3) is 0 Å². The zero-order chi connectivity index (χ0) is 12.8. The van der Waals surface area contributed by atoms with Gasteiger partial charge in [-0.2, -0.15) is 0 Å². The lowest BCUT2D eigenvalue weighted by Crippen LogP contribution is -2.28. The van der Waals surface area contributed by atoms with Crippen LogP contribution < -0.4 is 11.1 Å². The van der Waals surface area contributed by atoms with E-state index in [1.165, 1.54) is 0 Å². The van der Waals surface area contributed by atoms with Crippen LogP contribution >= 0.6 is 0 Å². The first kappa shape index (κ1) is 12.8. The van der Waals surface area contributed by atoms with Crippen molar-refractivity contribution in [2.75, 3.05) is 5.32 Å². The fourth-order valence-electron chi connectivity index (χ4n) is 1.33. The molecule has 92 valence electrons. The molecule has 0 fully saturated rings. The smallest absolute Gasteiger partial charge is 0.326 e. The lowest BCUT2D eigenvalue weighted by atomic mass is 10.1. The number of nitrogens with two attached hydrogens (primary N) is 1. The van der Waals surface area contributed by atoms with E-state index < -0.39 is 12.0 Å². The Bertz CT molecular complexity index is 414. The predicted octanol–water partition coefficient (Wildman–Crippen LogP) is 1.06. The normalized spacial score (nSPS) is 13.1. The number of carboxylic acids is 1. The summed E-state index contributed by atoms with van der Waals surface area (Å²) in [6.07, 6.45) is 0.483. The van der Waals surface area contributed by atoms with E-state index in [0.29, 0.717) is 17.7 Å². The van der Waals surface area contributed by atoms with Gasteiger partial charge in [-0.3, -0.25) is 0 Å². The van der Waals surface area contributed by atoms with Gasteiger partial charge >= 0.3 is 5.97 Å². The summed E-state index contributed by atoms with van der Waals surface area (Å²) in [5.41, 5.74) is 6.65. The molecule has 0 unspecified atom stereocenters. The SMILES string of the molecule is CC[C@H](Nc1ccc(/C(N)=N/O)cc1)C(=O)O. The van der Waals surface area contributed by atoms with Gasteiger partial charge in [0.15, 0.2) is 5.84 Å². The Morgan fingerprint density at radius 3 is 2.47 bits per heavy atom. The van der Waals surface area contributed by atoms with Crippen molar-refractivity contribution < 1.29 is 15.1 Å². The Morgan fingerprint density at radius 1 is 1.47 bits per heavy atom. The van der Waals surface area contributed by atoms with Gasteiger partial charge in [0, 0.05) is 11.3 Å². The molecule has 5 N–H and O–H groups in total. The number of oxime groups is 1. The lowest BCUT2D eigenvalue weighted by Gasteiger charge is -2.13. The van der Waals surface area contributed by atoms with Crippen molar-refractivity contribution in [2.24, 2.45) is 10.9 Å². The molecule has 6 nitrogen and oxygen atoms in total. The maximum Gasteiger partial charge on any atom is 0.326 e. The van der Waals surface area contributed by atoms with Crippen molar-refractivity contribution >= 4 is 17.5 Å². The molecular formula is C11H15N3O3. The molecule has 17 heavy (non-hydrogen) atoms. The van der Waals surface area contributed by atoms with E-state index in [1.54, 1.807) is 31.2 Å². The minimum absolute atomic E-state index is 0.0156. The summed E-state index contributed by atoms with van der Waals surface area (Å²) < 4.78 is 0. The van der Waals surface area contributed by atoms with Gasteiger partial charge in [-0.1, -0.05) is 12.1 Å². The Labute approximate surface area is 98.7 Å². The third kappa shape index (κ3) is 3.37. The number of rotatable bonds is 5. The van der Waals surface area contributed by atoms with Gasteiger partial charge in [-0.25, -0.2) is 4.79 Å². The van der Waals surface area contributed by atoms with Crippen LogP contribution in [-0.4, -0.2) is 28.2 Å². The Hall–Kier alpha value is -2.24. The number of carboxylic acid groups (broad SMARTS) is 1. The van der Waals surface area contributed by atoms with E-state index in [0.717, 1.165) is 0 Å². The molecule has 0 heterocycles. The number of aliphatic carboxylic acids is 1. The van der Waals surface area contributed by atoms with Gasteiger partial charge in [0.05, 0.1) is 0 Å². The Kier molecular flexibility index (Phi) is 4.33. The van der Waals surface area contributed by atoms with E-state index in [1.807, 2.05) is 0 Å². The minimum Gasteiger partial charge on any atom is -0.480 e. The lowest BCUT2D eigenvalue weighted by molar-refractivity contribution is -0.137. The number of hydrogen-bond acceptors (Lipinski definition) is 4. The molecule has 0 amide bonds. The summed E-state index contributed by atoms with van der Waals surface area (Å²) in [6.45, 7) is 1.79. The molecule has 0 bridgehead atoms. The fraction of sp³-hybridized carbons (Fsp3) is 0.273. The molecule has 1 rings (SSSR count). The largest absolute Gasteiger partial charge is 0.480 e. The van der Waals surface area contributed by atoms with Gasteiger partial charge in [0.25, 0.3) is 0 Å². The molecule has 0 radical (unpaired) electrons. The van der Waals surface area contributed by atoms with Crippen LogP contribution in [0.4, 0.5) is 5.69 Å². The maximum absolute atomic E-state index is 10.8. The molecule has 1 atom stereocenters. The number of amidine groups is 1. The molecule has 1 aromatic rings. The van der Waals surface area contributed by atoms with Gasteiger partial charge in [-0.05, 0) is 30.7 Å². The predicted molar refractivity (Wildman–Crippen MR) is 64.3 cm³/mol. The van der Waals surface area contributed by atoms with Gasteiger partial charge in [0.2, 0.25) is 0 Å². The molecule has 0 saturated carbocycles.